The molecular formula is C24H25ClN2O5S. The highest BCUT2D eigenvalue weighted by Crippen LogP contribution is 2.36. The quantitative estimate of drug-likeness (QED) is 0.492. The maximum atomic E-state index is 13.5. The van der Waals surface area contributed by atoms with Gasteiger partial charge in [-0.05, 0) is 38.1 Å². The maximum absolute atomic E-state index is 13.5. The molecule has 0 radical (unpaired) electrons. The Bertz CT molecular complexity index is 1240. The molecule has 1 amide bonds. The molecule has 0 aliphatic rings. The molecule has 9 heteroatoms. The van der Waals surface area contributed by atoms with E-state index in [0.717, 1.165) is 15.4 Å². The number of anilines is 2. The number of halogens is 1. The summed E-state index contributed by atoms with van der Waals surface area (Å²) >= 11 is 6.13. The zero-order chi connectivity index (χ0) is 24.2. The molecule has 0 saturated heterocycles. The summed E-state index contributed by atoms with van der Waals surface area (Å²) in [5.41, 5.74) is 2.57. The molecule has 0 fully saturated rings. The van der Waals surface area contributed by atoms with Gasteiger partial charge in [0.1, 0.15) is 18.0 Å². The summed E-state index contributed by atoms with van der Waals surface area (Å²) in [7, 11) is -1.12. The number of aryl methyl sites for hydroxylation is 2. The van der Waals surface area contributed by atoms with Gasteiger partial charge in [-0.15, -0.1) is 0 Å². The van der Waals surface area contributed by atoms with Crippen molar-refractivity contribution in [2.24, 2.45) is 0 Å². The van der Waals surface area contributed by atoms with Gasteiger partial charge in [0, 0.05) is 12.1 Å². The highest BCUT2D eigenvalue weighted by atomic mass is 35.5. The molecule has 3 rings (SSSR count). The van der Waals surface area contributed by atoms with Gasteiger partial charge in [0.25, 0.3) is 10.0 Å². The van der Waals surface area contributed by atoms with E-state index in [0.29, 0.717) is 27.9 Å². The van der Waals surface area contributed by atoms with Crippen LogP contribution >= 0.6 is 11.6 Å². The summed E-state index contributed by atoms with van der Waals surface area (Å²) in [6, 6.07) is 16.4. The fourth-order valence-corrected chi connectivity index (χ4v) is 4.79. The normalized spacial score (nSPS) is 11.1. The molecule has 1 N–H and O–H groups in total. The number of rotatable bonds is 8. The molecule has 0 saturated carbocycles. The molecule has 0 heterocycles. The van der Waals surface area contributed by atoms with Gasteiger partial charge in [-0.3, -0.25) is 9.10 Å². The van der Waals surface area contributed by atoms with Crippen LogP contribution in [0.3, 0.4) is 0 Å². The maximum Gasteiger partial charge on any atom is 0.264 e. The monoisotopic (exact) mass is 488 g/mol. The Labute approximate surface area is 198 Å². The molecule has 0 atom stereocenters. The standard InChI is InChI=1S/C24H25ClN2O5S/c1-16-5-9-18(10-6-16)27(33(29,30)19-11-7-17(2)8-12-19)15-24(28)26-21-14-22(31-3)20(25)13-23(21)32-4/h5-14H,15H2,1-4H3,(H,26,28). The number of benzene rings is 3. The number of carbonyl (C=O) groups excluding carboxylic acids is 1. The first-order valence-corrected chi connectivity index (χ1v) is 11.8. The Hall–Kier alpha value is -3.23. The lowest BCUT2D eigenvalue weighted by Crippen LogP contribution is -2.38. The highest BCUT2D eigenvalue weighted by Gasteiger charge is 2.27. The van der Waals surface area contributed by atoms with Crippen LogP contribution in [0.5, 0.6) is 11.5 Å². The van der Waals surface area contributed by atoms with Crippen LogP contribution in [0, 0.1) is 13.8 Å². The largest absolute Gasteiger partial charge is 0.495 e. The molecule has 0 spiro atoms. The fraction of sp³-hybridized carbons (Fsp3) is 0.208. The van der Waals surface area contributed by atoms with E-state index in [4.69, 9.17) is 21.1 Å². The number of amides is 1. The number of carbonyl (C=O) groups is 1. The topological polar surface area (TPSA) is 84.9 Å². The van der Waals surface area contributed by atoms with Crippen molar-refractivity contribution in [3.8, 4) is 11.5 Å². The lowest BCUT2D eigenvalue weighted by atomic mass is 10.2. The van der Waals surface area contributed by atoms with Crippen molar-refractivity contribution in [1.29, 1.82) is 0 Å². The van der Waals surface area contributed by atoms with Crippen LogP contribution in [0.1, 0.15) is 11.1 Å². The van der Waals surface area contributed by atoms with Crippen molar-refractivity contribution in [1.82, 2.24) is 0 Å². The van der Waals surface area contributed by atoms with Crippen LogP contribution in [0.25, 0.3) is 0 Å². The number of hydrogen-bond donors (Lipinski definition) is 1. The van der Waals surface area contributed by atoms with Crippen molar-refractivity contribution in [3.05, 3.63) is 76.8 Å². The lowest BCUT2D eigenvalue weighted by Gasteiger charge is -2.24. The van der Waals surface area contributed by atoms with Gasteiger partial charge in [0.05, 0.1) is 35.5 Å². The van der Waals surface area contributed by atoms with Crippen molar-refractivity contribution in [2.45, 2.75) is 18.7 Å². The Morgan fingerprint density at radius 1 is 0.909 bits per heavy atom. The van der Waals surface area contributed by atoms with Crippen molar-refractivity contribution in [2.75, 3.05) is 30.4 Å². The van der Waals surface area contributed by atoms with E-state index in [1.54, 1.807) is 36.4 Å². The molecule has 7 nitrogen and oxygen atoms in total. The number of ether oxygens (including phenoxy) is 2. The molecular weight excluding hydrogens is 464 g/mol. The molecule has 0 aliphatic heterocycles. The number of methoxy groups -OCH3 is 2. The van der Waals surface area contributed by atoms with E-state index in [-0.39, 0.29) is 4.90 Å². The third-order valence-electron chi connectivity index (χ3n) is 4.97. The van der Waals surface area contributed by atoms with Gasteiger partial charge in [0.15, 0.2) is 0 Å². The van der Waals surface area contributed by atoms with E-state index in [1.165, 1.54) is 38.5 Å². The summed E-state index contributed by atoms with van der Waals surface area (Å²) in [5.74, 6) is 0.0989. The van der Waals surface area contributed by atoms with Crippen LogP contribution in [0.4, 0.5) is 11.4 Å². The third kappa shape index (κ3) is 5.58. The zero-order valence-electron chi connectivity index (χ0n) is 18.8. The molecule has 0 aromatic heterocycles. The molecule has 0 aliphatic carbocycles. The van der Waals surface area contributed by atoms with Crippen LogP contribution in [-0.2, 0) is 14.8 Å². The number of sulfonamides is 1. The van der Waals surface area contributed by atoms with E-state index >= 15 is 0 Å². The smallest absolute Gasteiger partial charge is 0.264 e. The average Bonchev–Trinajstić information content (AvgIpc) is 2.79. The first-order chi connectivity index (χ1) is 15.6. The second-order valence-electron chi connectivity index (χ2n) is 7.40. The second-order valence-corrected chi connectivity index (χ2v) is 9.67. The minimum atomic E-state index is -4.01. The summed E-state index contributed by atoms with van der Waals surface area (Å²) in [6.45, 7) is 3.32. The van der Waals surface area contributed by atoms with Crippen molar-refractivity contribution < 1.29 is 22.7 Å². The van der Waals surface area contributed by atoms with Gasteiger partial charge in [-0.2, -0.15) is 0 Å². The third-order valence-corrected chi connectivity index (χ3v) is 7.05. The molecule has 3 aromatic rings. The Morgan fingerprint density at radius 2 is 1.45 bits per heavy atom. The first-order valence-electron chi connectivity index (χ1n) is 10.0. The molecule has 0 bridgehead atoms. The highest BCUT2D eigenvalue weighted by molar-refractivity contribution is 7.92. The molecule has 33 heavy (non-hydrogen) atoms. The van der Waals surface area contributed by atoms with Crippen LogP contribution < -0.4 is 19.1 Å². The van der Waals surface area contributed by atoms with E-state index in [1.807, 2.05) is 13.8 Å². The minimum absolute atomic E-state index is 0.0900. The summed E-state index contributed by atoms with van der Waals surface area (Å²) in [4.78, 5) is 13.1. The second kappa shape index (κ2) is 10.1. The van der Waals surface area contributed by atoms with Gasteiger partial charge in [-0.25, -0.2) is 8.42 Å². The Kier molecular flexibility index (Phi) is 7.50. The lowest BCUT2D eigenvalue weighted by molar-refractivity contribution is -0.114. The van der Waals surface area contributed by atoms with E-state index in [2.05, 4.69) is 5.32 Å². The predicted molar refractivity (Wildman–Crippen MR) is 130 cm³/mol. The van der Waals surface area contributed by atoms with E-state index in [9.17, 15) is 13.2 Å². The van der Waals surface area contributed by atoms with Crippen molar-refractivity contribution in [3.63, 3.8) is 0 Å². The number of hydrogen-bond acceptors (Lipinski definition) is 5. The summed E-state index contributed by atoms with van der Waals surface area (Å²) in [5, 5.41) is 3.01. The number of nitrogens with one attached hydrogen (secondary N) is 1. The fourth-order valence-electron chi connectivity index (χ4n) is 3.14. The molecule has 174 valence electrons. The molecule has 3 aromatic carbocycles. The zero-order valence-corrected chi connectivity index (χ0v) is 20.3. The average molecular weight is 489 g/mol. The van der Waals surface area contributed by atoms with Gasteiger partial charge < -0.3 is 14.8 Å². The van der Waals surface area contributed by atoms with Crippen molar-refractivity contribution >= 4 is 38.9 Å². The van der Waals surface area contributed by atoms with E-state index < -0.39 is 22.5 Å². The van der Waals surface area contributed by atoms with Gasteiger partial charge >= 0.3 is 0 Å². The van der Waals surface area contributed by atoms with Crippen LogP contribution in [-0.4, -0.2) is 35.1 Å². The summed E-state index contributed by atoms with van der Waals surface area (Å²) < 4.78 is 38.5. The SMILES string of the molecule is COc1cc(NC(=O)CN(c2ccc(C)cc2)S(=O)(=O)c2ccc(C)cc2)c(OC)cc1Cl. The van der Waals surface area contributed by atoms with Crippen LogP contribution in [0.15, 0.2) is 65.6 Å². The predicted octanol–water partition coefficient (Wildman–Crippen LogP) is 4.81. The Balaban J connectivity index is 1.96. The Morgan fingerprint density at radius 3 is 2.00 bits per heavy atom. The summed E-state index contributed by atoms with van der Waals surface area (Å²) in [6.07, 6.45) is 0. The minimum Gasteiger partial charge on any atom is -0.495 e. The first kappa shape index (κ1) is 24.4. The number of nitrogens with zero attached hydrogens (tertiary/aromatic N) is 1. The van der Waals surface area contributed by atoms with Gasteiger partial charge in [-0.1, -0.05) is 47.0 Å². The molecule has 0 unspecified atom stereocenters. The van der Waals surface area contributed by atoms with Gasteiger partial charge in [0.2, 0.25) is 5.91 Å². The van der Waals surface area contributed by atoms with Crippen LogP contribution in [0.2, 0.25) is 5.02 Å².